The molecule has 0 aliphatic heterocycles. The molecule has 1 heterocycles. The number of aliphatic carboxylic acids is 1. The molecular formula is C14H14N2O4. The van der Waals surface area contributed by atoms with E-state index < -0.39 is 5.97 Å². The molecular weight excluding hydrogens is 260 g/mol. The lowest BCUT2D eigenvalue weighted by molar-refractivity contribution is -0.136. The van der Waals surface area contributed by atoms with Crippen LogP contribution < -0.4 is 9.47 Å². The number of hydrogen-bond acceptors (Lipinski definition) is 5. The number of methoxy groups -OCH3 is 2. The molecule has 0 fully saturated rings. The quantitative estimate of drug-likeness (QED) is 0.895. The van der Waals surface area contributed by atoms with Gasteiger partial charge in [0.05, 0.1) is 32.0 Å². The van der Waals surface area contributed by atoms with Crippen LogP contribution in [0.15, 0.2) is 30.6 Å². The van der Waals surface area contributed by atoms with E-state index in [0.29, 0.717) is 28.5 Å². The Bertz CT molecular complexity index is 628. The van der Waals surface area contributed by atoms with Crippen LogP contribution in [0, 0.1) is 0 Å². The Morgan fingerprint density at radius 1 is 1.20 bits per heavy atom. The maximum Gasteiger partial charge on any atom is 0.309 e. The molecule has 0 aliphatic carbocycles. The molecule has 1 aromatic heterocycles. The molecule has 0 unspecified atom stereocenters. The van der Waals surface area contributed by atoms with Gasteiger partial charge in [-0.25, -0.2) is 0 Å². The molecule has 2 aromatic rings. The summed E-state index contributed by atoms with van der Waals surface area (Å²) < 4.78 is 10.5. The molecule has 0 aliphatic rings. The number of hydrogen-bond donors (Lipinski definition) is 1. The topological polar surface area (TPSA) is 81.5 Å². The lowest BCUT2D eigenvalue weighted by Gasteiger charge is -2.12. The Hall–Kier alpha value is -2.63. The maximum absolute atomic E-state index is 10.9. The third-order valence-corrected chi connectivity index (χ3v) is 2.75. The van der Waals surface area contributed by atoms with Gasteiger partial charge >= 0.3 is 5.97 Å². The van der Waals surface area contributed by atoms with Gasteiger partial charge in [-0.2, -0.15) is 0 Å². The van der Waals surface area contributed by atoms with E-state index in [9.17, 15) is 4.79 Å². The number of benzene rings is 1. The summed E-state index contributed by atoms with van der Waals surface area (Å²) in [4.78, 5) is 19.2. The molecule has 1 aromatic carbocycles. The lowest BCUT2D eigenvalue weighted by atomic mass is 10.1. The Labute approximate surface area is 116 Å². The number of carboxylic acid groups (broad SMARTS) is 1. The van der Waals surface area contributed by atoms with Gasteiger partial charge < -0.3 is 14.6 Å². The second kappa shape index (κ2) is 6.01. The van der Waals surface area contributed by atoms with Crippen molar-refractivity contribution in [3.8, 4) is 22.8 Å². The summed E-state index contributed by atoms with van der Waals surface area (Å²) >= 11 is 0. The van der Waals surface area contributed by atoms with Crippen molar-refractivity contribution in [3.63, 3.8) is 0 Å². The van der Waals surface area contributed by atoms with Crippen LogP contribution in [0.1, 0.15) is 5.69 Å². The van der Waals surface area contributed by atoms with Crippen molar-refractivity contribution in [3.05, 3.63) is 36.3 Å². The highest BCUT2D eigenvalue weighted by atomic mass is 16.5. The summed E-state index contributed by atoms with van der Waals surface area (Å²) in [5, 5.41) is 8.94. The maximum atomic E-state index is 10.9. The van der Waals surface area contributed by atoms with Gasteiger partial charge in [-0.1, -0.05) is 0 Å². The van der Waals surface area contributed by atoms with Crippen LogP contribution in [-0.4, -0.2) is 35.3 Å². The van der Waals surface area contributed by atoms with Crippen LogP contribution in [0.4, 0.5) is 0 Å². The fraction of sp³-hybridized carbons (Fsp3) is 0.214. The summed E-state index contributed by atoms with van der Waals surface area (Å²) in [6.07, 6.45) is 2.78. The van der Waals surface area contributed by atoms with Crippen molar-refractivity contribution < 1.29 is 19.4 Å². The zero-order chi connectivity index (χ0) is 14.5. The Balaban J connectivity index is 2.57. The van der Waals surface area contributed by atoms with Crippen molar-refractivity contribution >= 4 is 5.97 Å². The van der Waals surface area contributed by atoms with Gasteiger partial charge in [0.15, 0.2) is 0 Å². The van der Waals surface area contributed by atoms with Crippen LogP contribution in [-0.2, 0) is 11.2 Å². The predicted molar refractivity (Wildman–Crippen MR) is 71.9 cm³/mol. The van der Waals surface area contributed by atoms with Gasteiger partial charge in [0, 0.05) is 18.0 Å². The molecule has 104 valence electrons. The fourth-order valence-corrected chi connectivity index (χ4v) is 1.86. The van der Waals surface area contributed by atoms with Crippen molar-refractivity contribution in [1.82, 2.24) is 9.97 Å². The molecule has 0 saturated heterocycles. The highest BCUT2D eigenvalue weighted by Crippen LogP contribution is 2.33. The number of ether oxygens (including phenoxy) is 2. The minimum absolute atomic E-state index is 0.205. The van der Waals surface area contributed by atoms with Crippen LogP contribution >= 0.6 is 0 Å². The molecule has 6 nitrogen and oxygen atoms in total. The summed E-state index contributed by atoms with van der Waals surface area (Å²) in [7, 11) is 3.10. The number of rotatable bonds is 5. The molecule has 2 rings (SSSR count). The van der Waals surface area contributed by atoms with E-state index in [1.807, 2.05) is 0 Å². The van der Waals surface area contributed by atoms with E-state index in [2.05, 4.69) is 9.97 Å². The van der Waals surface area contributed by atoms with Crippen LogP contribution in [0.5, 0.6) is 11.5 Å². The molecule has 0 spiro atoms. The molecule has 6 heteroatoms. The summed E-state index contributed by atoms with van der Waals surface area (Å²) in [6, 6.07) is 5.25. The molecule has 0 radical (unpaired) electrons. The van der Waals surface area contributed by atoms with E-state index in [-0.39, 0.29) is 6.42 Å². The van der Waals surface area contributed by atoms with Crippen molar-refractivity contribution in [1.29, 1.82) is 0 Å². The number of carboxylic acids is 1. The monoisotopic (exact) mass is 274 g/mol. The summed E-state index contributed by atoms with van der Waals surface area (Å²) in [5.41, 5.74) is 1.51. The number of nitrogens with zero attached hydrogens (tertiary/aromatic N) is 2. The first-order chi connectivity index (χ1) is 9.65. The smallest absolute Gasteiger partial charge is 0.309 e. The fourth-order valence-electron chi connectivity index (χ4n) is 1.86. The van der Waals surface area contributed by atoms with Crippen LogP contribution in [0.3, 0.4) is 0 Å². The zero-order valence-corrected chi connectivity index (χ0v) is 11.2. The van der Waals surface area contributed by atoms with E-state index in [0.717, 1.165) is 0 Å². The number of aromatic nitrogens is 2. The molecule has 0 saturated carbocycles. The van der Waals surface area contributed by atoms with E-state index in [4.69, 9.17) is 14.6 Å². The Morgan fingerprint density at radius 3 is 2.60 bits per heavy atom. The second-order valence-corrected chi connectivity index (χ2v) is 3.99. The third-order valence-electron chi connectivity index (χ3n) is 2.75. The summed E-state index contributed by atoms with van der Waals surface area (Å²) in [5.74, 6) is 0.249. The van der Waals surface area contributed by atoms with E-state index in [1.54, 1.807) is 32.4 Å². The average Bonchev–Trinajstić information content (AvgIpc) is 2.46. The highest BCUT2D eigenvalue weighted by molar-refractivity contribution is 5.76. The van der Waals surface area contributed by atoms with Crippen LogP contribution in [0.2, 0.25) is 0 Å². The van der Waals surface area contributed by atoms with Crippen LogP contribution in [0.25, 0.3) is 11.3 Å². The number of carbonyl (C=O) groups is 1. The molecule has 1 N–H and O–H groups in total. The lowest BCUT2D eigenvalue weighted by Crippen LogP contribution is -2.06. The van der Waals surface area contributed by atoms with Crippen molar-refractivity contribution in [2.75, 3.05) is 14.2 Å². The summed E-state index contributed by atoms with van der Waals surface area (Å²) in [6.45, 7) is 0. The minimum Gasteiger partial charge on any atom is -0.497 e. The van der Waals surface area contributed by atoms with Crippen molar-refractivity contribution in [2.24, 2.45) is 0 Å². The van der Waals surface area contributed by atoms with Gasteiger partial charge in [0.2, 0.25) is 0 Å². The van der Waals surface area contributed by atoms with Gasteiger partial charge in [-0.15, -0.1) is 0 Å². The van der Waals surface area contributed by atoms with Gasteiger partial charge in [-0.3, -0.25) is 14.8 Å². The van der Waals surface area contributed by atoms with Gasteiger partial charge in [-0.05, 0) is 18.2 Å². The SMILES string of the molecule is COc1ccc(OC)c(-c2nccnc2CC(=O)O)c1. The second-order valence-electron chi connectivity index (χ2n) is 3.99. The first-order valence-corrected chi connectivity index (χ1v) is 5.89. The van der Waals surface area contributed by atoms with Crippen molar-refractivity contribution in [2.45, 2.75) is 6.42 Å². The molecule has 0 bridgehead atoms. The van der Waals surface area contributed by atoms with Gasteiger partial charge in [0.25, 0.3) is 0 Å². The minimum atomic E-state index is -0.964. The first kappa shape index (κ1) is 13.8. The van der Waals surface area contributed by atoms with E-state index in [1.165, 1.54) is 12.4 Å². The zero-order valence-electron chi connectivity index (χ0n) is 11.2. The predicted octanol–water partition coefficient (Wildman–Crippen LogP) is 1.79. The highest BCUT2D eigenvalue weighted by Gasteiger charge is 2.16. The standard InChI is InChI=1S/C14H14N2O4/c1-19-9-3-4-12(20-2)10(7-9)14-11(8-13(17)18)15-5-6-16-14/h3-7H,8H2,1-2H3,(H,17,18). The largest absolute Gasteiger partial charge is 0.497 e. The Kier molecular flexibility index (Phi) is 4.14. The van der Waals surface area contributed by atoms with E-state index >= 15 is 0 Å². The normalized spacial score (nSPS) is 10.1. The van der Waals surface area contributed by atoms with Gasteiger partial charge in [0.1, 0.15) is 11.5 Å². The Morgan fingerprint density at radius 2 is 1.95 bits per heavy atom. The molecule has 20 heavy (non-hydrogen) atoms. The first-order valence-electron chi connectivity index (χ1n) is 5.89. The molecule has 0 amide bonds. The molecule has 0 atom stereocenters. The average molecular weight is 274 g/mol. The third kappa shape index (κ3) is 2.85.